The predicted molar refractivity (Wildman–Crippen MR) is 81.2 cm³/mol. The molecule has 0 heterocycles. The van der Waals surface area contributed by atoms with Crippen LogP contribution in [0, 0.1) is 0 Å². The van der Waals surface area contributed by atoms with Crippen LogP contribution in [0.15, 0.2) is 52.3 Å². The van der Waals surface area contributed by atoms with Crippen LogP contribution in [0.25, 0.3) is 0 Å². The summed E-state index contributed by atoms with van der Waals surface area (Å²) in [6.45, 7) is 1.96. The lowest BCUT2D eigenvalue weighted by molar-refractivity contribution is 0.405. The maximum absolute atomic E-state index is 6.05. The third-order valence-corrected chi connectivity index (χ3v) is 4.08. The molecule has 0 saturated heterocycles. The number of hydrogen-bond acceptors (Lipinski definition) is 3. The zero-order chi connectivity index (χ0) is 13.8. The lowest BCUT2D eigenvalue weighted by atomic mass is 10.1. The Kier molecular flexibility index (Phi) is 4.75. The Morgan fingerprint density at radius 3 is 2.42 bits per heavy atom. The van der Waals surface area contributed by atoms with Crippen molar-refractivity contribution in [3.8, 4) is 5.75 Å². The molecule has 2 aromatic carbocycles. The van der Waals surface area contributed by atoms with Gasteiger partial charge in [-0.1, -0.05) is 29.4 Å². The number of ether oxygens (including phenoxy) is 1. The van der Waals surface area contributed by atoms with Crippen molar-refractivity contribution in [2.24, 2.45) is 5.73 Å². The molecule has 0 saturated carbocycles. The SMILES string of the molecule is COc1cccc(Sc2ccc(Cl)cc2)c1[C@H](C)N. The average Bonchev–Trinajstić information content (AvgIpc) is 2.40. The summed E-state index contributed by atoms with van der Waals surface area (Å²) in [5.74, 6) is 0.828. The minimum absolute atomic E-state index is 0.0778. The van der Waals surface area contributed by atoms with Gasteiger partial charge in [0, 0.05) is 26.4 Å². The number of halogens is 1. The van der Waals surface area contributed by atoms with Gasteiger partial charge < -0.3 is 10.5 Å². The molecule has 2 rings (SSSR count). The summed E-state index contributed by atoms with van der Waals surface area (Å²) in [4.78, 5) is 2.23. The van der Waals surface area contributed by atoms with Crippen molar-refractivity contribution in [2.75, 3.05) is 7.11 Å². The quantitative estimate of drug-likeness (QED) is 0.900. The number of benzene rings is 2. The first-order valence-electron chi connectivity index (χ1n) is 5.97. The van der Waals surface area contributed by atoms with Crippen molar-refractivity contribution in [3.05, 3.63) is 53.1 Å². The molecule has 0 aliphatic carbocycles. The maximum atomic E-state index is 6.05. The molecule has 100 valence electrons. The molecule has 19 heavy (non-hydrogen) atoms. The van der Waals surface area contributed by atoms with Crippen molar-refractivity contribution in [1.82, 2.24) is 0 Å². The minimum Gasteiger partial charge on any atom is -0.496 e. The summed E-state index contributed by atoms with van der Waals surface area (Å²) in [6.07, 6.45) is 0. The molecule has 0 fully saturated rings. The first kappa shape index (κ1) is 14.3. The Balaban J connectivity index is 2.36. The van der Waals surface area contributed by atoms with E-state index in [0.717, 1.165) is 26.1 Å². The van der Waals surface area contributed by atoms with E-state index in [2.05, 4.69) is 6.07 Å². The van der Waals surface area contributed by atoms with Crippen LogP contribution >= 0.6 is 23.4 Å². The van der Waals surface area contributed by atoms with Gasteiger partial charge >= 0.3 is 0 Å². The molecule has 0 radical (unpaired) electrons. The first-order valence-corrected chi connectivity index (χ1v) is 7.17. The van der Waals surface area contributed by atoms with Crippen molar-refractivity contribution >= 4 is 23.4 Å². The second-order valence-corrected chi connectivity index (χ2v) is 5.77. The van der Waals surface area contributed by atoms with Crippen LogP contribution in [-0.2, 0) is 0 Å². The lowest BCUT2D eigenvalue weighted by Gasteiger charge is -2.16. The van der Waals surface area contributed by atoms with Gasteiger partial charge in [-0.15, -0.1) is 0 Å². The Morgan fingerprint density at radius 1 is 1.16 bits per heavy atom. The fourth-order valence-electron chi connectivity index (χ4n) is 1.87. The molecular weight excluding hydrogens is 278 g/mol. The molecule has 1 atom stereocenters. The van der Waals surface area contributed by atoms with Crippen LogP contribution in [-0.4, -0.2) is 7.11 Å². The first-order chi connectivity index (χ1) is 9.11. The van der Waals surface area contributed by atoms with Crippen LogP contribution in [0.2, 0.25) is 5.02 Å². The van der Waals surface area contributed by atoms with E-state index >= 15 is 0 Å². The fourth-order valence-corrected chi connectivity index (χ4v) is 3.06. The highest BCUT2D eigenvalue weighted by Crippen LogP contribution is 2.37. The molecule has 0 aromatic heterocycles. The van der Waals surface area contributed by atoms with Gasteiger partial charge in [0.15, 0.2) is 0 Å². The third-order valence-electron chi connectivity index (χ3n) is 2.74. The number of rotatable bonds is 4. The average molecular weight is 294 g/mol. The second kappa shape index (κ2) is 6.33. The van der Waals surface area contributed by atoms with E-state index in [1.807, 2.05) is 43.3 Å². The van der Waals surface area contributed by atoms with E-state index in [0.29, 0.717) is 0 Å². The molecule has 0 amide bonds. The largest absolute Gasteiger partial charge is 0.496 e. The number of nitrogens with two attached hydrogens (primary N) is 1. The number of methoxy groups -OCH3 is 1. The molecule has 2 aromatic rings. The molecule has 0 aliphatic heterocycles. The highest BCUT2D eigenvalue weighted by Gasteiger charge is 2.13. The van der Waals surface area contributed by atoms with Crippen molar-refractivity contribution in [1.29, 1.82) is 0 Å². The van der Waals surface area contributed by atoms with Gasteiger partial charge in [0.1, 0.15) is 5.75 Å². The monoisotopic (exact) mass is 293 g/mol. The fraction of sp³-hybridized carbons (Fsp3) is 0.200. The summed E-state index contributed by atoms with van der Waals surface area (Å²) < 4.78 is 5.39. The molecule has 0 unspecified atom stereocenters. The highest BCUT2D eigenvalue weighted by atomic mass is 35.5. The Hall–Kier alpha value is -1.16. The Bertz CT molecular complexity index is 555. The summed E-state index contributed by atoms with van der Waals surface area (Å²) in [7, 11) is 1.66. The Labute approximate surface area is 122 Å². The lowest BCUT2D eigenvalue weighted by Crippen LogP contribution is -2.08. The zero-order valence-corrected chi connectivity index (χ0v) is 12.5. The van der Waals surface area contributed by atoms with Crippen LogP contribution in [0.5, 0.6) is 5.75 Å². The van der Waals surface area contributed by atoms with Gasteiger partial charge in [0.2, 0.25) is 0 Å². The maximum Gasteiger partial charge on any atom is 0.124 e. The predicted octanol–water partition coefficient (Wildman–Crippen LogP) is 4.52. The minimum atomic E-state index is -0.0778. The van der Waals surface area contributed by atoms with E-state index in [9.17, 15) is 0 Å². The smallest absolute Gasteiger partial charge is 0.124 e. The summed E-state index contributed by atoms with van der Waals surface area (Å²) in [5, 5.41) is 0.738. The van der Waals surface area contributed by atoms with Gasteiger partial charge in [0.25, 0.3) is 0 Å². The highest BCUT2D eigenvalue weighted by molar-refractivity contribution is 7.99. The van der Waals surface area contributed by atoms with Crippen molar-refractivity contribution < 1.29 is 4.74 Å². The van der Waals surface area contributed by atoms with E-state index < -0.39 is 0 Å². The topological polar surface area (TPSA) is 35.2 Å². The molecular formula is C15H16ClNOS. The van der Waals surface area contributed by atoms with E-state index in [1.54, 1.807) is 18.9 Å². The van der Waals surface area contributed by atoms with Gasteiger partial charge in [-0.25, -0.2) is 0 Å². The molecule has 0 aliphatic rings. The van der Waals surface area contributed by atoms with Crippen LogP contribution < -0.4 is 10.5 Å². The van der Waals surface area contributed by atoms with Gasteiger partial charge in [0.05, 0.1) is 7.11 Å². The third kappa shape index (κ3) is 3.44. The second-order valence-electron chi connectivity index (χ2n) is 4.22. The summed E-state index contributed by atoms with van der Waals surface area (Å²) >= 11 is 7.56. The van der Waals surface area contributed by atoms with E-state index in [1.165, 1.54) is 0 Å². The van der Waals surface area contributed by atoms with Gasteiger partial charge in [-0.05, 0) is 43.3 Å². The van der Waals surface area contributed by atoms with Gasteiger partial charge in [-0.2, -0.15) is 0 Å². The van der Waals surface area contributed by atoms with Crippen LogP contribution in [0.4, 0.5) is 0 Å². The molecule has 4 heteroatoms. The Morgan fingerprint density at radius 2 is 1.84 bits per heavy atom. The molecule has 2 nitrogen and oxygen atoms in total. The molecule has 2 N–H and O–H groups in total. The van der Waals surface area contributed by atoms with Crippen LogP contribution in [0.1, 0.15) is 18.5 Å². The molecule has 0 bridgehead atoms. The number of hydrogen-bond donors (Lipinski definition) is 1. The summed E-state index contributed by atoms with van der Waals surface area (Å²) in [5.41, 5.74) is 7.09. The van der Waals surface area contributed by atoms with Crippen molar-refractivity contribution in [3.63, 3.8) is 0 Å². The standard InChI is InChI=1S/C15H16ClNOS/c1-10(17)15-13(18-2)4-3-5-14(15)19-12-8-6-11(16)7-9-12/h3-10H,17H2,1-2H3/t10-/m0/s1. The zero-order valence-electron chi connectivity index (χ0n) is 10.9. The van der Waals surface area contributed by atoms with Crippen LogP contribution in [0.3, 0.4) is 0 Å². The van der Waals surface area contributed by atoms with E-state index in [4.69, 9.17) is 22.1 Å². The normalized spacial score (nSPS) is 12.2. The van der Waals surface area contributed by atoms with Gasteiger partial charge in [-0.3, -0.25) is 0 Å². The summed E-state index contributed by atoms with van der Waals surface area (Å²) in [6, 6.07) is 13.7. The van der Waals surface area contributed by atoms with E-state index in [-0.39, 0.29) is 6.04 Å². The van der Waals surface area contributed by atoms with Crippen molar-refractivity contribution in [2.45, 2.75) is 22.8 Å². The molecule has 0 spiro atoms.